The van der Waals surface area contributed by atoms with Gasteiger partial charge in [-0.2, -0.15) is 0 Å². The van der Waals surface area contributed by atoms with E-state index in [1.807, 2.05) is 24.1 Å². The van der Waals surface area contributed by atoms with Crippen molar-refractivity contribution >= 4 is 11.6 Å². The van der Waals surface area contributed by atoms with E-state index in [4.69, 9.17) is 0 Å². The van der Waals surface area contributed by atoms with Crippen LogP contribution in [0.15, 0.2) is 24.3 Å². The predicted octanol–water partition coefficient (Wildman–Crippen LogP) is 2.75. The molecule has 0 spiro atoms. The van der Waals surface area contributed by atoms with E-state index >= 15 is 0 Å². The van der Waals surface area contributed by atoms with Gasteiger partial charge >= 0.3 is 0 Å². The lowest BCUT2D eigenvalue weighted by Gasteiger charge is -2.32. The van der Waals surface area contributed by atoms with Gasteiger partial charge < -0.3 is 15.1 Å². The van der Waals surface area contributed by atoms with Crippen molar-refractivity contribution in [2.45, 2.75) is 39.2 Å². The third-order valence-electron chi connectivity index (χ3n) is 4.47. The number of rotatable bonds is 6. The van der Waals surface area contributed by atoms with Crippen molar-refractivity contribution in [2.75, 3.05) is 38.1 Å². The molecule has 1 unspecified atom stereocenters. The Bertz CT molecular complexity index is 472. The van der Waals surface area contributed by atoms with Crippen LogP contribution in [-0.4, -0.2) is 50.1 Å². The zero-order chi connectivity index (χ0) is 15.9. The number of carbonyl (C=O) groups excluding carboxylic acids is 1. The van der Waals surface area contributed by atoms with Crippen molar-refractivity contribution in [3.63, 3.8) is 0 Å². The Hall–Kier alpha value is -1.55. The van der Waals surface area contributed by atoms with Crippen molar-refractivity contribution in [1.82, 2.24) is 10.2 Å². The van der Waals surface area contributed by atoms with E-state index in [1.165, 1.54) is 5.69 Å². The third kappa shape index (κ3) is 4.01. The molecule has 1 amide bonds. The third-order valence-corrected chi connectivity index (χ3v) is 4.47. The highest BCUT2D eigenvalue weighted by Crippen LogP contribution is 2.18. The Balaban J connectivity index is 2.04. The van der Waals surface area contributed by atoms with Gasteiger partial charge in [-0.05, 0) is 57.5 Å². The molecule has 1 fully saturated rings. The first kappa shape index (κ1) is 16.8. The maximum atomic E-state index is 12.6. The van der Waals surface area contributed by atoms with Crippen LogP contribution in [0.1, 0.15) is 43.5 Å². The van der Waals surface area contributed by atoms with Gasteiger partial charge in [0.1, 0.15) is 0 Å². The Morgan fingerprint density at radius 1 is 1.32 bits per heavy atom. The highest BCUT2D eigenvalue weighted by Gasteiger charge is 2.23. The molecule has 1 heterocycles. The number of likely N-dealkylation sites (N-methyl/N-ethyl adjacent to an activating group) is 1. The molecule has 0 saturated carbocycles. The average molecular weight is 303 g/mol. The van der Waals surface area contributed by atoms with E-state index in [2.05, 4.69) is 36.2 Å². The number of anilines is 1. The molecule has 22 heavy (non-hydrogen) atoms. The number of benzene rings is 1. The van der Waals surface area contributed by atoms with Gasteiger partial charge in [0.05, 0.1) is 0 Å². The molecule has 0 bridgehead atoms. The molecule has 1 aliphatic heterocycles. The first-order valence-corrected chi connectivity index (χ1v) is 8.51. The molecule has 4 heteroatoms. The minimum Gasteiger partial charge on any atom is -0.372 e. The quantitative estimate of drug-likeness (QED) is 0.878. The summed E-state index contributed by atoms with van der Waals surface area (Å²) in [7, 11) is 1.97. The first-order chi connectivity index (χ1) is 10.7. The maximum Gasteiger partial charge on any atom is 0.253 e. The maximum absolute atomic E-state index is 12.6. The summed E-state index contributed by atoms with van der Waals surface area (Å²) in [5, 5.41) is 3.29. The van der Waals surface area contributed by atoms with Crippen LogP contribution in [0.4, 0.5) is 5.69 Å². The fourth-order valence-corrected chi connectivity index (χ4v) is 3.13. The second kappa shape index (κ2) is 8.18. The van der Waals surface area contributed by atoms with Crippen LogP contribution in [0.3, 0.4) is 0 Å². The first-order valence-electron chi connectivity index (χ1n) is 8.51. The summed E-state index contributed by atoms with van der Waals surface area (Å²) in [6, 6.07) is 8.52. The summed E-state index contributed by atoms with van der Waals surface area (Å²) in [6.45, 7) is 8.09. The molecule has 1 N–H and O–H groups in total. The smallest absolute Gasteiger partial charge is 0.253 e. The Morgan fingerprint density at radius 3 is 2.64 bits per heavy atom. The van der Waals surface area contributed by atoms with Gasteiger partial charge in [0.2, 0.25) is 0 Å². The highest BCUT2D eigenvalue weighted by molar-refractivity contribution is 5.94. The van der Waals surface area contributed by atoms with Gasteiger partial charge in [0, 0.05) is 43.5 Å². The fraction of sp³-hybridized carbons (Fsp3) is 0.611. The van der Waals surface area contributed by atoms with Crippen LogP contribution in [0.5, 0.6) is 0 Å². The minimum absolute atomic E-state index is 0.157. The molecule has 4 nitrogen and oxygen atoms in total. The standard InChI is InChI=1S/C18H29N3O/c1-4-12-20(5-2)17-10-8-15(9-11-17)18(22)21-13-6-7-16(14-21)19-3/h8-11,16,19H,4-7,12-14H2,1-3H3. The number of likely N-dealkylation sites (tertiary alicyclic amines) is 1. The number of hydrogen-bond acceptors (Lipinski definition) is 3. The molecule has 0 aromatic heterocycles. The summed E-state index contributed by atoms with van der Waals surface area (Å²) in [6.07, 6.45) is 3.37. The minimum atomic E-state index is 0.157. The summed E-state index contributed by atoms with van der Waals surface area (Å²) < 4.78 is 0. The van der Waals surface area contributed by atoms with E-state index in [1.54, 1.807) is 0 Å². The molecule has 2 rings (SSSR count). The molecule has 0 radical (unpaired) electrons. The van der Waals surface area contributed by atoms with Crippen LogP contribution in [-0.2, 0) is 0 Å². The summed E-state index contributed by atoms with van der Waals surface area (Å²) >= 11 is 0. The largest absolute Gasteiger partial charge is 0.372 e. The lowest BCUT2D eigenvalue weighted by molar-refractivity contribution is 0.0698. The molecular formula is C18H29N3O. The number of amides is 1. The van der Waals surface area contributed by atoms with Crippen molar-refractivity contribution in [3.05, 3.63) is 29.8 Å². The van der Waals surface area contributed by atoms with Crippen LogP contribution in [0.2, 0.25) is 0 Å². The van der Waals surface area contributed by atoms with Crippen molar-refractivity contribution < 1.29 is 4.79 Å². The van der Waals surface area contributed by atoms with E-state index in [0.717, 1.165) is 51.0 Å². The molecule has 1 aromatic carbocycles. The van der Waals surface area contributed by atoms with E-state index in [0.29, 0.717) is 6.04 Å². The van der Waals surface area contributed by atoms with Gasteiger partial charge in [-0.25, -0.2) is 0 Å². The van der Waals surface area contributed by atoms with Crippen molar-refractivity contribution in [2.24, 2.45) is 0 Å². The lowest BCUT2D eigenvalue weighted by atomic mass is 10.0. The molecule has 1 atom stereocenters. The Morgan fingerprint density at radius 2 is 2.05 bits per heavy atom. The van der Waals surface area contributed by atoms with E-state index in [-0.39, 0.29) is 5.91 Å². The second-order valence-electron chi connectivity index (χ2n) is 6.01. The Kier molecular flexibility index (Phi) is 6.25. The van der Waals surface area contributed by atoms with Crippen LogP contribution in [0, 0.1) is 0 Å². The summed E-state index contributed by atoms with van der Waals surface area (Å²) in [4.78, 5) is 16.9. The van der Waals surface area contributed by atoms with Gasteiger partial charge in [-0.15, -0.1) is 0 Å². The summed E-state index contributed by atoms with van der Waals surface area (Å²) in [5.74, 6) is 0.157. The molecule has 122 valence electrons. The molecule has 1 saturated heterocycles. The molecule has 0 aliphatic carbocycles. The molecule has 1 aromatic rings. The van der Waals surface area contributed by atoms with Crippen molar-refractivity contribution in [3.8, 4) is 0 Å². The zero-order valence-electron chi connectivity index (χ0n) is 14.1. The highest BCUT2D eigenvalue weighted by atomic mass is 16.2. The van der Waals surface area contributed by atoms with Crippen LogP contribution < -0.4 is 10.2 Å². The monoisotopic (exact) mass is 303 g/mol. The van der Waals surface area contributed by atoms with Gasteiger partial charge in [-0.3, -0.25) is 4.79 Å². The van der Waals surface area contributed by atoms with E-state index in [9.17, 15) is 4.79 Å². The lowest BCUT2D eigenvalue weighted by Crippen LogP contribution is -2.46. The normalized spacial score (nSPS) is 18.3. The SMILES string of the molecule is CCCN(CC)c1ccc(C(=O)N2CCCC(NC)C2)cc1. The Labute approximate surface area is 134 Å². The van der Waals surface area contributed by atoms with Gasteiger partial charge in [0.25, 0.3) is 5.91 Å². The number of hydrogen-bond donors (Lipinski definition) is 1. The number of piperidine rings is 1. The predicted molar refractivity (Wildman–Crippen MR) is 92.6 cm³/mol. The number of carbonyl (C=O) groups is 1. The average Bonchev–Trinajstić information content (AvgIpc) is 2.59. The number of nitrogens with one attached hydrogen (secondary N) is 1. The topological polar surface area (TPSA) is 35.6 Å². The summed E-state index contributed by atoms with van der Waals surface area (Å²) in [5.41, 5.74) is 2.00. The van der Waals surface area contributed by atoms with Crippen molar-refractivity contribution in [1.29, 1.82) is 0 Å². The fourth-order valence-electron chi connectivity index (χ4n) is 3.13. The van der Waals surface area contributed by atoms with Gasteiger partial charge in [0.15, 0.2) is 0 Å². The zero-order valence-corrected chi connectivity index (χ0v) is 14.1. The molecular weight excluding hydrogens is 274 g/mol. The van der Waals surface area contributed by atoms with Crippen LogP contribution >= 0.6 is 0 Å². The second-order valence-corrected chi connectivity index (χ2v) is 6.01. The van der Waals surface area contributed by atoms with Crippen LogP contribution in [0.25, 0.3) is 0 Å². The van der Waals surface area contributed by atoms with E-state index < -0.39 is 0 Å². The van der Waals surface area contributed by atoms with Gasteiger partial charge in [-0.1, -0.05) is 6.92 Å². The molecule has 1 aliphatic rings. The number of nitrogens with zero attached hydrogens (tertiary/aromatic N) is 2.